The summed E-state index contributed by atoms with van der Waals surface area (Å²) in [5, 5.41) is 3.34. The van der Waals surface area contributed by atoms with Gasteiger partial charge in [-0.25, -0.2) is 8.42 Å². The number of amides is 1. The molecule has 0 radical (unpaired) electrons. The van der Waals surface area contributed by atoms with E-state index in [9.17, 15) is 13.2 Å². The number of nitrogens with zero attached hydrogens (tertiary/aromatic N) is 1. The Morgan fingerprint density at radius 2 is 2.09 bits per heavy atom. The fourth-order valence-electron chi connectivity index (χ4n) is 2.39. The maximum absolute atomic E-state index is 12.1. The smallest absolute Gasteiger partial charge is 0.238 e. The molecule has 0 bridgehead atoms. The van der Waals surface area contributed by atoms with Crippen LogP contribution in [0.1, 0.15) is 12.8 Å². The third-order valence-electron chi connectivity index (χ3n) is 3.42. The minimum Gasteiger partial charge on any atom is -0.492 e. The van der Waals surface area contributed by atoms with Crippen LogP contribution in [0.4, 0.5) is 0 Å². The number of carbonyl (C=O) groups is 1. The van der Waals surface area contributed by atoms with Crippen molar-refractivity contribution < 1.29 is 17.9 Å². The molecule has 1 aliphatic rings. The summed E-state index contributed by atoms with van der Waals surface area (Å²) in [7, 11) is -3.35. The van der Waals surface area contributed by atoms with Gasteiger partial charge >= 0.3 is 0 Å². The fraction of sp³-hybridized carbons (Fsp3) is 0.500. The Hall–Kier alpha value is -1.31. The monoisotopic (exact) mass is 346 g/mol. The van der Waals surface area contributed by atoms with Gasteiger partial charge in [0.05, 0.1) is 12.8 Å². The Morgan fingerprint density at radius 1 is 1.41 bits per heavy atom. The summed E-state index contributed by atoms with van der Waals surface area (Å²) in [6.45, 7) is 1.02. The Morgan fingerprint density at radius 3 is 2.73 bits per heavy atom. The van der Waals surface area contributed by atoms with Gasteiger partial charge in [-0.05, 0) is 37.1 Å². The van der Waals surface area contributed by atoms with Crippen LogP contribution in [0, 0.1) is 0 Å². The van der Waals surface area contributed by atoms with Crippen molar-refractivity contribution in [1.29, 1.82) is 0 Å². The molecule has 1 amide bonds. The molecule has 0 aromatic heterocycles. The molecule has 2 rings (SSSR count). The highest BCUT2D eigenvalue weighted by molar-refractivity contribution is 7.88. The van der Waals surface area contributed by atoms with Crippen LogP contribution in [0.15, 0.2) is 24.3 Å². The Balaban J connectivity index is 1.77. The van der Waals surface area contributed by atoms with E-state index < -0.39 is 16.1 Å². The normalized spacial score (nSPS) is 19.1. The maximum atomic E-state index is 12.1. The third-order valence-corrected chi connectivity index (χ3v) is 4.96. The average molecular weight is 347 g/mol. The highest BCUT2D eigenvalue weighted by atomic mass is 35.5. The van der Waals surface area contributed by atoms with Crippen molar-refractivity contribution in [1.82, 2.24) is 9.62 Å². The van der Waals surface area contributed by atoms with Crippen molar-refractivity contribution in [3.8, 4) is 5.75 Å². The lowest BCUT2D eigenvalue weighted by Crippen LogP contribution is -2.46. The molecule has 0 aliphatic carbocycles. The molecule has 1 fully saturated rings. The van der Waals surface area contributed by atoms with Gasteiger partial charge in [0.15, 0.2) is 0 Å². The van der Waals surface area contributed by atoms with Gasteiger partial charge in [-0.15, -0.1) is 0 Å². The molecule has 8 heteroatoms. The van der Waals surface area contributed by atoms with Crippen molar-refractivity contribution in [2.45, 2.75) is 18.9 Å². The van der Waals surface area contributed by atoms with Crippen LogP contribution >= 0.6 is 11.6 Å². The first kappa shape index (κ1) is 17.1. The lowest BCUT2D eigenvalue weighted by molar-refractivity contribution is -0.124. The zero-order valence-electron chi connectivity index (χ0n) is 12.3. The standard InChI is InChI=1S/C14H19ClN2O4S/c1-22(19,20)17-9-2-3-13(17)14(18)16-8-10-21-12-6-4-11(15)5-7-12/h4-7,13H,2-3,8-10H2,1H3,(H,16,18)/t13-/m1/s1. The van der Waals surface area contributed by atoms with E-state index in [1.54, 1.807) is 24.3 Å². The molecule has 1 aromatic rings. The lowest BCUT2D eigenvalue weighted by atomic mass is 10.2. The minimum absolute atomic E-state index is 0.275. The van der Waals surface area contributed by atoms with Gasteiger partial charge < -0.3 is 10.1 Å². The molecule has 122 valence electrons. The van der Waals surface area contributed by atoms with E-state index in [1.165, 1.54) is 4.31 Å². The Kier molecular flexibility index (Phi) is 5.66. The van der Waals surface area contributed by atoms with Crippen LogP contribution in [-0.2, 0) is 14.8 Å². The van der Waals surface area contributed by atoms with E-state index in [1.807, 2.05) is 0 Å². The molecule has 1 aromatic carbocycles. The number of sulfonamides is 1. The van der Waals surface area contributed by atoms with Crippen LogP contribution in [0.3, 0.4) is 0 Å². The van der Waals surface area contributed by atoms with Crippen LogP contribution < -0.4 is 10.1 Å². The molecule has 0 spiro atoms. The number of halogens is 1. The summed E-state index contributed by atoms with van der Waals surface area (Å²) in [5.74, 6) is 0.389. The van der Waals surface area contributed by atoms with Crippen molar-refractivity contribution in [2.24, 2.45) is 0 Å². The van der Waals surface area contributed by atoms with Crippen molar-refractivity contribution in [3.05, 3.63) is 29.3 Å². The Bertz CT molecular complexity index is 618. The van der Waals surface area contributed by atoms with Gasteiger partial charge in [0.25, 0.3) is 0 Å². The van der Waals surface area contributed by atoms with Gasteiger partial charge in [0.1, 0.15) is 18.4 Å². The van der Waals surface area contributed by atoms with Gasteiger partial charge in [-0.1, -0.05) is 11.6 Å². The highest BCUT2D eigenvalue weighted by Gasteiger charge is 2.36. The Labute approximate surface area is 135 Å². The molecule has 6 nitrogen and oxygen atoms in total. The second kappa shape index (κ2) is 7.30. The zero-order chi connectivity index (χ0) is 16.2. The van der Waals surface area contributed by atoms with Crippen LogP contribution in [0.25, 0.3) is 0 Å². The number of hydrogen-bond donors (Lipinski definition) is 1. The molecule has 1 heterocycles. The van der Waals surface area contributed by atoms with Gasteiger partial charge in [0.2, 0.25) is 15.9 Å². The summed E-state index contributed by atoms with van der Waals surface area (Å²) >= 11 is 5.77. The molecule has 1 aliphatic heterocycles. The predicted molar refractivity (Wildman–Crippen MR) is 84.5 cm³/mol. The molecule has 22 heavy (non-hydrogen) atoms. The number of rotatable bonds is 6. The van der Waals surface area contributed by atoms with E-state index in [2.05, 4.69) is 5.32 Å². The average Bonchev–Trinajstić information content (AvgIpc) is 2.95. The van der Waals surface area contributed by atoms with E-state index in [4.69, 9.17) is 16.3 Å². The molecule has 1 saturated heterocycles. The lowest BCUT2D eigenvalue weighted by Gasteiger charge is -2.21. The number of ether oxygens (including phenoxy) is 1. The second-order valence-electron chi connectivity index (χ2n) is 5.13. The van der Waals surface area contributed by atoms with Gasteiger partial charge in [-0.3, -0.25) is 4.79 Å². The van der Waals surface area contributed by atoms with Crippen LogP contribution in [-0.4, -0.2) is 50.6 Å². The molecule has 0 saturated carbocycles. The molecule has 1 atom stereocenters. The number of nitrogens with one attached hydrogen (secondary N) is 1. The van der Waals surface area contributed by atoms with Crippen LogP contribution in [0.5, 0.6) is 5.75 Å². The first-order chi connectivity index (χ1) is 10.4. The fourth-order valence-corrected chi connectivity index (χ4v) is 3.64. The molecule has 1 N–H and O–H groups in total. The largest absolute Gasteiger partial charge is 0.492 e. The molecule has 0 unspecified atom stereocenters. The third kappa shape index (κ3) is 4.59. The molecular weight excluding hydrogens is 328 g/mol. The van der Waals surface area contributed by atoms with Crippen molar-refractivity contribution in [2.75, 3.05) is 26.0 Å². The van der Waals surface area contributed by atoms with Gasteiger partial charge in [-0.2, -0.15) is 4.31 Å². The number of carbonyl (C=O) groups excluding carboxylic acids is 1. The van der Waals surface area contributed by atoms with E-state index in [-0.39, 0.29) is 5.91 Å². The van der Waals surface area contributed by atoms with E-state index in [0.29, 0.717) is 43.3 Å². The topological polar surface area (TPSA) is 75.7 Å². The predicted octanol–water partition coefficient (Wildman–Crippen LogP) is 1.26. The minimum atomic E-state index is -3.35. The number of hydrogen-bond acceptors (Lipinski definition) is 4. The van der Waals surface area contributed by atoms with E-state index in [0.717, 1.165) is 6.26 Å². The van der Waals surface area contributed by atoms with Crippen molar-refractivity contribution in [3.63, 3.8) is 0 Å². The van der Waals surface area contributed by atoms with Gasteiger partial charge in [0, 0.05) is 11.6 Å². The zero-order valence-corrected chi connectivity index (χ0v) is 13.9. The highest BCUT2D eigenvalue weighted by Crippen LogP contribution is 2.20. The summed E-state index contributed by atoms with van der Waals surface area (Å²) in [5.41, 5.74) is 0. The molecular formula is C14H19ClN2O4S. The maximum Gasteiger partial charge on any atom is 0.238 e. The summed E-state index contributed by atoms with van der Waals surface area (Å²) < 4.78 is 29.9. The number of benzene rings is 1. The summed E-state index contributed by atoms with van der Waals surface area (Å²) in [6.07, 6.45) is 2.38. The SMILES string of the molecule is CS(=O)(=O)N1CCC[C@@H]1C(=O)NCCOc1ccc(Cl)cc1. The first-order valence-electron chi connectivity index (χ1n) is 7.01. The van der Waals surface area contributed by atoms with Crippen LogP contribution in [0.2, 0.25) is 5.02 Å². The van der Waals surface area contributed by atoms with Crippen molar-refractivity contribution >= 4 is 27.5 Å². The summed E-state index contributed by atoms with van der Waals surface area (Å²) in [4.78, 5) is 12.1. The second-order valence-corrected chi connectivity index (χ2v) is 7.50. The quantitative estimate of drug-likeness (QED) is 0.787. The summed E-state index contributed by atoms with van der Waals surface area (Å²) in [6, 6.07) is 6.32. The van der Waals surface area contributed by atoms with E-state index >= 15 is 0 Å². The first-order valence-corrected chi connectivity index (χ1v) is 9.23.